The minimum Gasteiger partial charge on any atom is -0.365 e. The fourth-order valence-electron chi connectivity index (χ4n) is 4.60. The Morgan fingerprint density at radius 2 is 1.82 bits per heavy atom. The molecule has 1 spiro atoms. The molecule has 0 saturated carbocycles. The Morgan fingerprint density at radius 3 is 2.52 bits per heavy atom. The zero-order chi connectivity index (χ0) is 23.3. The van der Waals surface area contributed by atoms with Gasteiger partial charge in [-0.05, 0) is 53.6 Å². The number of piperidine rings is 1. The van der Waals surface area contributed by atoms with Gasteiger partial charge in [-0.3, -0.25) is 4.90 Å². The predicted octanol–water partition coefficient (Wildman–Crippen LogP) is 3.51. The molecule has 0 atom stereocenters. The van der Waals surface area contributed by atoms with Gasteiger partial charge in [0.2, 0.25) is 10.0 Å². The van der Waals surface area contributed by atoms with E-state index in [-0.39, 0.29) is 4.90 Å². The molecule has 1 saturated heterocycles. The molecule has 5 rings (SSSR count). The van der Waals surface area contributed by atoms with Crippen molar-refractivity contribution in [1.82, 2.24) is 9.62 Å². The number of sulfonamides is 1. The number of anilines is 1. The van der Waals surface area contributed by atoms with Gasteiger partial charge >= 0.3 is 0 Å². The molecule has 0 radical (unpaired) electrons. The standard InChI is InChI=1S/C23H25N3O4S3/c1-32(27,28)21-7-3-2-5-18(21)16-26-12-10-23(11-13-26)24-19-9-8-17(20-6-4-14-31-20)15-22(19)33(29,30)25-23/h2-9,14-15,24-25H,10-13,16H2,1H3. The van der Waals surface area contributed by atoms with Gasteiger partial charge in [-0.15, -0.1) is 11.3 Å². The number of sulfone groups is 1. The van der Waals surface area contributed by atoms with Crippen LogP contribution in [0.5, 0.6) is 0 Å². The van der Waals surface area contributed by atoms with Crippen LogP contribution in [0.1, 0.15) is 18.4 Å². The van der Waals surface area contributed by atoms with Crippen LogP contribution >= 0.6 is 11.3 Å². The van der Waals surface area contributed by atoms with Crippen molar-refractivity contribution in [1.29, 1.82) is 0 Å². The van der Waals surface area contributed by atoms with Gasteiger partial charge in [-0.2, -0.15) is 4.72 Å². The Bertz CT molecular complexity index is 1390. The predicted molar refractivity (Wildman–Crippen MR) is 130 cm³/mol. The van der Waals surface area contributed by atoms with Crippen molar-refractivity contribution in [3.05, 3.63) is 65.5 Å². The monoisotopic (exact) mass is 503 g/mol. The van der Waals surface area contributed by atoms with Crippen molar-refractivity contribution in [2.45, 2.75) is 34.8 Å². The first kappa shape index (κ1) is 22.5. The summed E-state index contributed by atoms with van der Waals surface area (Å²) in [7, 11) is -6.98. The van der Waals surface area contributed by atoms with Crippen LogP contribution in [0.15, 0.2) is 69.8 Å². The third kappa shape index (κ3) is 4.45. The summed E-state index contributed by atoms with van der Waals surface area (Å²) in [5.41, 5.74) is 1.51. The van der Waals surface area contributed by atoms with Gasteiger partial charge < -0.3 is 5.32 Å². The molecule has 0 amide bonds. The smallest absolute Gasteiger partial charge is 0.244 e. The second-order valence-corrected chi connectivity index (χ2v) is 13.2. The number of rotatable bonds is 4. The van der Waals surface area contributed by atoms with Gasteiger partial charge in [0.25, 0.3) is 0 Å². The van der Waals surface area contributed by atoms with E-state index in [2.05, 4.69) is 14.9 Å². The summed E-state index contributed by atoms with van der Waals surface area (Å²) in [5.74, 6) is 0. The lowest BCUT2D eigenvalue weighted by molar-refractivity contribution is 0.158. The third-order valence-electron chi connectivity index (χ3n) is 6.26. The average molecular weight is 504 g/mol. The van der Waals surface area contributed by atoms with E-state index in [0.29, 0.717) is 43.1 Å². The highest BCUT2D eigenvalue weighted by Gasteiger charge is 2.43. The molecule has 2 aromatic carbocycles. The molecule has 33 heavy (non-hydrogen) atoms. The number of nitrogens with one attached hydrogen (secondary N) is 2. The third-order valence-corrected chi connectivity index (χ3v) is 9.95. The molecule has 10 heteroatoms. The second kappa shape index (κ2) is 8.21. The minimum atomic E-state index is -3.67. The number of hydrogen-bond acceptors (Lipinski definition) is 7. The number of benzene rings is 2. The molecule has 2 aliphatic heterocycles. The van der Waals surface area contributed by atoms with Crippen LogP contribution in [0.2, 0.25) is 0 Å². The Labute approximate surface area is 198 Å². The number of likely N-dealkylation sites (tertiary alicyclic amines) is 1. The molecule has 1 aromatic heterocycles. The van der Waals surface area contributed by atoms with Crippen LogP contribution in [0.25, 0.3) is 10.4 Å². The molecule has 0 bridgehead atoms. The molecular formula is C23H25N3O4S3. The van der Waals surface area contributed by atoms with Gasteiger partial charge in [-0.25, -0.2) is 16.8 Å². The SMILES string of the molecule is CS(=O)(=O)c1ccccc1CN1CCC2(CC1)Nc1ccc(-c3cccs3)cc1S(=O)(=O)N2. The minimum absolute atomic E-state index is 0.267. The lowest BCUT2D eigenvalue weighted by Gasteiger charge is -2.45. The maximum atomic E-state index is 13.2. The molecule has 0 aliphatic carbocycles. The lowest BCUT2D eigenvalue weighted by atomic mass is 9.96. The van der Waals surface area contributed by atoms with Gasteiger partial charge in [0.1, 0.15) is 10.6 Å². The fraction of sp³-hybridized carbons (Fsp3) is 0.304. The second-order valence-electron chi connectivity index (χ2n) is 8.66. The molecule has 1 fully saturated rings. The zero-order valence-corrected chi connectivity index (χ0v) is 20.6. The summed E-state index contributed by atoms with van der Waals surface area (Å²) in [6, 6.07) is 16.5. The molecular weight excluding hydrogens is 478 g/mol. The van der Waals surface area contributed by atoms with Crippen LogP contribution in [-0.4, -0.2) is 46.7 Å². The topological polar surface area (TPSA) is 95.6 Å². The van der Waals surface area contributed by atoms with Gasteiger partial charge in [0.05, 0.1) is 10.6 Å². The highest BCUT2D eigenvalue weighted by atomic mass is 32.2. The van der Waals surface area contributed by atoms with Crippen LogP contribution in [0.3, 0.4) is 0 Å². The van der Waals surface area contributed by atoms with Gasteiger partial charge in [0.15, 0.2) is 9.84 Å². The fourth-order valence-corrected chi connectivity index (χ4v) is 7.83. The first-order valence-corrected chi connectivity index (χ1v) is 14.9. The van der Waals surface area contributed by atoms with Crippen molar-refractivity contribution < 1.29 is 16.8 Å². The van der Waals surface area contributed by atoms with Crippen molar-refractivity contribution in [2.75, 3.05) is 24.7 Å². The summed E-state index contributed by atoms with van der Waals surface area (Å²) < 4.78 is 53.5. The molecule has 0 unspecified atom stereocenters. The Morgan fingerprint density at radius 1 is 1.06 bits per heavy atom. The lowest BCUT2D eigenvalue weighted by Crippen LogP contribution is -2.61. The van der Waals surface area contributed by atoms with E-state index in [9.17, 15) is 16.8 Å². The summed E-state index contributed by atoms with van der Waals surface area (Å²) in [4.78, 5) is 3.80. The van der Waals surface area contributed by atoms with Crippen molar-refractivity contribution >= 4 is 36.9 Å². The van der Waals surface area contributed by atoms with Crippen LogP contribution in [0, 0.1) is 0 Å². The normalized spacial score (nSPS) is 19.7. The van der Waals surface area contributed by atoms with Gasteiger partial charge in [-0.1, -0.05) is 30.3 Å². The summed E-state index contributed by atoms with van der Waals surface area (Å²) in [6.45, 7) is 1.78. The molecule has 2 aliphatic rings. The molecule has 7 nitrogen and oxygen atoms in total. The zero-order valence-electron chi connectivity index (χ0n) is 18.1. The maximum absolute atomic E-state index is 13.2. The number of fused-ring (bicyclic) bond motifs is 1. The summed E-state index contributed by atoms with van der Waals surface area (Å²) in [6.07, 6.45) is 2.36. The number of thiophene rings is 1. The number of hydrogen-bond donors (Lipinski definition) is 2. The van der Waals surface area contributed by atoms with Crippen LogP contribution < -0.4 is 10.0 Å². The highest BCUT2D eigenvalue weighted by Crippen LogP contribution is 2.38. The average Bonchev–Trinajstić information content (AvgIpc) is 3.30. The van der Waals surface area contributed by atoms with E-state index in [1.54, 1.807) is 29.5 Å². The highest BCUT2D eigenvalue weighted by molar-refractivity contribution is 7.90. The quantitative estimate of drug-likeness (QED) is 0.566. The van der Waals surface area contributed by atoms with Crippen LogP contribution in [0.4, 0.5) is 5.69 Å². The van der Waals surface area contributed by atoms with E-state index in [1.807, 2.05) is 41.8 Å². The van der Waals surface area contributed by atoms with E-state index < -0.39 is 25.5 Å². The molecule has 3 heterocycles. The largest absolute Gasteiger partial charge is 0.365 e. The first-order chi connectivity index (χ1) is 15.7. The summed E-state index contributed by atoms with van der Waals surface area (Å²) in [5, 5.41) is 5.42. The van der Waals surface area contributed by atoms with Crippen LogP contribution in [-0.2, 0) is 26.4 Å². The van der Waals surface area contributed by atoms with E-state index in [4.69, 9.17) is 0 Å². The Balaban J connectivity index is 1.34. The van der Waals surface area contributed by atoms with Crippen molar-refractivity contribution in [3.63, 3.8) is 0 Å². The molecule has 174 valence electrons. The maximum Gasteiger partial charge on any atom is 0.244 e. The van der Waals surface area contributed by atoms with E-state index >= 15 is 0 Å². The molecule has 2 N–H and O–H groups in total. The molecule has 3 aromatic rings. The van der Waals surface area contributed by atoms with Gasteiger partial charge in [0, 0.05) is 30.8 Å². The van der Waals surface area contributed by atoms with Crippen molar-refractivity contribution in [3.8, 4) is 10.4 Å². The first-order valence-electron chi connectivity index (χ1n) is 10.7. The van der Waals surface area contributed by atoms with E-state index in [0.717, 1.165) is 16.0 Å². The number of nitrogens with zero attached hydrogens (tertiary/aromatic N) is 1. The Hall–Kier alpha value is -2.24. The van der Waals surface area contributed by atoms with Crippen molar-refractivity contribution in [2.24, 2.45) is 0 Å². The van der Waals surface area contributed by atoms with E-state index in [1.165, 1.54) is 6.26 Å². The Kier molecular flexibility index (Phi) is 5.61. The summed E-state index contributed by atoms with van der Waals surface area (Å²) >= 11 is 1.57.